The number of carbonyl (C=O) groups is 1. The van der Waals surface area contributed by atoms with Crippen molar-refractivity contribution in [1.82, 2.24) is 5.32 Å². The van der Waals surface area contributed by atoms with Crippen molar-refractivity contribution in [3.63, 3.8) is 0 Å². The molecule has 0 saturated heterocycles. The molecule has 0 amide bonds. The number of ether oxygens (including phenoxy) is 2. The van der Waals surface area contributed by atoms with E-state index in [1.54, 1.807) is 18.2 Å². The van der Waals surface area contributed by atoms with Crippen LogP contribution in [0.2, 0.25) is 0 Å². The molecule has 19 heavy (non-hydrogen) atoms. The Morgan fingerprint density at radius 2 is 2.05 bits per heavy atom. The molecule has 0 aliphatic rings. The standard InChI is InChI=1S/C13H17F2NO3/c1-3-10(12(17)18-2)16-8-9-6-4-5-7-11(9)19-13(14)15/h4-7,10,13,16H,3,8H2,1-2H3. The third-order valence-electron chi connectivity index (χ3n) is 2.62. The van der Waals surface area contributed by atoms with E-state index >= 15 is 0 Å². The third-order valence-corrected chi connectivity index (χ3v) is 2.62. The number of nitrogens with one attached hydrogen (secondary N) is 1. The average molecular weight is 273 g/mol. The Morgan fingerprint density at radius 1 is 1.37 bits per heavy atom. The zero-order valence-electron chi connectivity index (χ0n) is 10.9. The number of halogens is 2. The Balaban J connectivity index is 2.68. The number of carbonyl (C=O) groups excluding carboxylic acids is 1. The van der Waals surface area contributed by atoms with Gasteiger partial charge in [0.25, 0.3) is 0 Å². The summed E-state index contributed by atoms with van der Waals surface area (Å²) in [6.07, 6.45) is 0.546. The maximum absolute atomic E-state index is 12.2. The molecule has 0 aliphatic heterocycles. The van der Waals surface area contributed by atoms with Gasteiger partial charge in [0.2, 0.25) is 0 Å². The molecule has 1 rings (SSSR count). The molecule has 0 bridgehead atoms. The normalized spacial score (nSPS) is 12.3. The van der Waals surface area contributed by atoms with Gasteiger partial charge in [-0.2, -0.15) is 8.78 Å². The minimum atomic E-state index is -2.87. The van der Waals surface area contributed by atoms with E-state index in [1.165, 1.54) is 13.2 Å². The number of methoxy groups -OCH3 is 1. The van der Waals surface area contributed by atoms with E-state index in [-0.39, 0.29) is 18.3 Å². The van der Waals surface area contributed by atoms with Gasteiger partial charge in [-0.15, -0.1) is 0 Å². The van der Waals surface area contributed by atoms with Crippen molar-refractivity contribution < 1.29 is 23.0 Å². The van der Waals surface area contributed by atoms with Crippen LogP contribution in [0.4, 0.5) is 8.78 Å². The first-order valence-corrected chi connectivity index (χ1v) is 5.92. The first-order chi connectivity index (χ1) is 9.08. The van der Waals surface area contributed by atoms with Gasteiger partial charge in [-0.05, 0) is 12.5 Å². The highest BCUT2D eigenvalue weighted by molar-refractivity contribution is 5.75. The summed E-state index contributed by atoms with van der Waals surface area (Å²) >= 11 is 0. The Morgan fingerprint density at radius 3 is 2.63 bits per heavy atom. The van der Waals surface area contributed by atoms with E-state index in [0.717, 1.165) is 0 Å². The SMILES string of the molecule is CCC(NCc1ccccc1OC(F)F)C(=O)OC. The Hall–Kier alpha value is -1.69. The van der Waals surface area contributed by atoms with Crippen molar-refractivity contribution in [3.05, 3.63) is 29.8 Å². The van der Waals surface area contributed by atoms with Crippen LogP contribution in [-0.2, 0) is 16.1 Å². The van der Waals surface area contributed by atoms with Gasteiger partial charge in [-0.1, -0.05) is 25.1 Å². The fraction of sp³-hybridized carbons (Fsp3) is 0.462. The third kappa shape index (κ3) is 4.82. The van der Waals surface area contributed by atoms with E-state index in [4.69, 9.17) is 0 Å². The molecule has 0 saturated carbocycles. The van der Waals surface area contributed by atoms with Crippen molar-refractivity contribution in [1.29, 1.82) is 0 Å². The highest BCUT2D eigenvalue weighted by Crippen LogP contribution is 2.20. The molecular weight excluding hydrogens is 256 g/mol. The lowest BCUT2D eigenvalue weighted by molar-refractivity contribution is -0.143. The van der Waals surface area contributed by atoms with Crippen LogP contribution in [0.3, 0.4) is 0 Å². The van der Waals surface area contributed by atoms with Crippen molar-refractivity contribution in [2.24, 2.45) is 0 Å². The second-order valence-corrected chi connectivity index (χ2v) is 3.85. The number of rotatable bonds is 7. The lowest BCUT2D eigenvalue weighted by atomic mass is 10.1. The lowest BCUT2D eigenvalue weighted by Gasteiger charge is -2.16. The minimum absolute atomic E-state index is 0.102. The first kappa shape index (κ1) is 15.4. The molecule has 1 atom stereocenters. The molecule has 0 spiro atoms. The van der Waals surface area contributed by atoms with E-state index in [9.17, 15) is 13.6 Å². The van der Waals surface area contributed by atoms with Gasteiger partial charge in [-0.3, -0.25) is 4.79 Å². The van der Waals surface area contributed by atoms with E-state index in [1.807, 2.05) is 6.92 Å². The molecule has 0 radical (unpaired) electrons. The van der Waals surface area contributed by atoms with Crippen LogP contribution < -0.4 is 10.1 Å². The number of benzene rings is 1. The Kier molecular flexibility index (Phi) is 6.21. The molecule has 1 unspecified atom stereocenters. The molecular formula is C13H17F2NO3. The maximum atomic E-state index is 12.2. The molecule has 1 aromatic rings. The summed E-state index contributed by atoms with van der Waals surface area (Å²) < 4.78 is 33.5. The van der Waals surface area contributed by atoms with Crippen molar-refractivity contribution >= 4 is 5.97 Å². The van der Waals surface area contributed by atoms with E-state index < -0.39 is 12.7 Å². The number of hydrogen-bond donors (Lipinski definition) is 1. The summed E-state index contributed by atoms with van der Waals surface area (Å²) in [5.41, 5.74) is 0.560. The van der Waals surface area contributed by atoms with Gasteiger partial charge in [0.15, 0.2) is 0 Å². The Labute approximate surface area is 110 Å². The number of esters is 1. The quantitative estimate of drug-likeness (QED) is 0.775. The summed E-state index contributed by atoms with van der Waals surface area (Å²) in [5, 5.41) is 2.95. The summed E-state index contributed by atoms with van der Waals surface area (Å²) in [5.74, 6) is -0.278. The summed E-state index contributed by atoms with van der Waals surface area (Å²) in [7, 11) is 1.31. The molecule has 6 heteroatoms. The van der Waals surface area contributed by atoms with Crippen LogP contribution in [-0.4, -0.2) is 25.7 Å². The molecule has 1 aromatic carbocycles. The molecule has 0 aromatic heterocycles. The molecule has 1 N–H and O–H groups in total. The van der Waals surface area contributed by atoms with Crippen LogP contribution in [0, 0.1) is 0 Å². The van der Waals surface area contributed by atoms with Gasteiger partial charge in [0.05, 0.1) is 7.11 Å². The zero-order chi connectivity index (χ0) is 14.3. The zero-order valence-corrected chi connectivity index (χ0v) is 10.9. The summed E-state index contributed by atoms with van der Waals surface area (Å²) in [4.78, 5) is 11.4. The van der Waals surface area contributed by atoms with E-state index in [2.05, 4.69) is 14.8 Å². The highest BCUT2D eigenvalue weighted by Gasteiger charge is 2.17. The maximum Gasteiger partial charge on any atom is 0.387 e. The van der Waals surface area contributed by atoms with Gasteiger partial charge in [0, 0.05) is 12.1 Å². The summed E-state index contributed by atoms with van der Waals surface area (Å²) in [6.45, 7) is -0.796. The van der Waals surface area contributed by atoms with Crippen LogP contribution in [0.25, 0.3) is 0 Å². The molecule has 0 heterocycles. The van der Waals surface area contributed by atoms with Crippen molar-refractivity contribution in [2.75, 3.05) is 7.11 Å². The second-order valence-electron chi connectivity index (χ2n) is 3.85. The predicted octanol–water partition coefficient (Wildman–Crippen LogP) is 2.33. The van der Waals surface area contributed by atoms with E-state index in [0.29, 0.717) is 12.0 Å². The monoisotopic (exact) mass is 273 g/mol. The smallest absolute Gasteiger partial charge is 0.387 e. The number of alkyl halides is 2. The second kappa shape index (κ2) is 7.68. The van der Waals surface area contributed by atoms with Crippen molar-refractivity contribution in [2.45, 2.75) is 32.5 Å². The van der Waals surface area contributed by atoms with Crippen molar-refractivity contribution in [3.8, 4) is 5.75 Å². The predicted molar refractivity (Wildman–Crippen MR) is 66.0 cm³/mol. The Bertz CT molecular complexity index is 413. The molecule has 4 nitrogen and oxygen atoms in total. The highest BCUT2D eigenvalue weighted by atomic mass is 19.3. The van der Waals surface area contributed by atoms with Crippen LogP contribution in [0.1, 0.15) is 18.9 Å². The van der Waals surface area contributed by atoms with Crippen LogP contribution in [0.5, 0.6) is 5.75 Å². The largest absolute Gasteiger partial charge is 0.468 e. The topological polar surface area (TPSA) is 47.6 Å². The van der Waals surface area contributed by atoms with Gasteiger partial charge in [0.1, 0.15) is 11.8 Å². The fourth-order valence-electron chi connectivity index (χ4n) is 1.63. The summed E-state index contributed by atoms with van der Waals surface area (Å²) in [6, 6.07) is 5.98. The average Bonchev–Trinajstić information content (AvgIpc) is 2.40. The first-order valence-electron chi connectivity index (χ1n) is 5.92. The van der Waals surface area contributed by atoms with Gasteiger partial charge >= 0.3 is 12.6 Å². The molecule has 0 aliphatic carbocycles. The minimum Gasteiger partial charge on any atom is -0.468 e. The number of hydrogen-bond acceptors (Lipinski definition) is 4. The molecule has 0 fully saturated rings. The molecule has 106 valence electrons. The lowest BCUT2D eigenvalue weighted by Crippen LogP contribution is -2.36. The van der Waals surface area contributed by atoms with Crippen LogP contribution >= 0.6 is 0 Å². The number of para-hydroxylation sites is 1. The van der Waals surface area contributed by atoms with Crippen LogP contribution in [0.15, 0.2) is 24.3 Å². The van der Waals surface area contributed by atoms with Gasteiger partial charge < -0.3 is 14.8 Å². The fourth-order valence-corrected chi connectivity index (χ4v) is 1.63. The van der Waals surface area contributed by atoms with Gasteiger partial charge in [-0.25, -0.2) is 0 Å².